The number of carbonyl (C=O) groups excluding carboxylic acids is 2. The molecule has 2 atom stereocenters. The Labute approximate surface area is 219 Å². The smallest absolute Gasteiger partial charge is 0.255 e. The van der Waals surface area contributed by atoms with E-state index in [9.17, 15) is 9.59 Å². The SMILES string of the molecule is COc1cc(N)c(Cl)cc1C(=O)N[C@@H]1CCN(CC2CCN(C(=O)C3CCCCC3)CC2)C[C@@H]1OC. The zero-order valence-electron chi connectivity index (χ0n) is 21.6. The van der Waals surface area contributed by atoms with Crippen LogP contribution in [0, 0.1) is 11.8 Å². The highest BCUT2D eigenvalue weighted by Crippen LogP contribution is 2.30. The van der Waals surface area contributed by atoms with Gasteiger partial charge in [-0.3, -0.25) is 9.59 Å². The molecule has 0 aromatic heterocycles. The second-order valence-corrected chi connectivity index (χ2v) is 11.0. The lowest BCUT2D eigenvalue weighted by molar-refractivity contribution is -0.138. The number of halogens is 1. The Balaban J connectivity index is 1.26. The topological polar surface area (TPSA) is 97.1 Å². The van der Waals surface area contributed by atoms with E-state index in [2.05, 4.69) is 15.1 Å². The fourth-order valence-corrected chi connectivity index (χ4v) is 6.18. The number of amides is 2. The first kappa shape index (κ1) is 27.0. The van der Waals surface area contributed by atoms with Crippen LogP contribution in [-0.4, -0.2) is 80.7 Å². The summed E-state index contributed by atoms with van der Waals surface area (Å²) in [7, 11) is 3.20. The van der Waals surface area contributed by atoms with Crippen molar-refractivity contribution >= 4 is 29.1 Å². The normalized spacial score (nSPS) is 24.5. The van der Waals surface area contributed by atoms with Gasteiger partial charge in [0.25, 0.3) is 5.91 Å². The first-order valence-electron chi connectivity index (χ1n) is 13.4. The third-order valence-electron chi connectivity index (χ3n) is 8.22. The fourth-order valence-electron chi connectivity index (χ4n) is 6.02. The summed E-state index contributed by atoms with van der Waals surface area (Å²) in [5.41, 5.74) is 6.59. The quantitative estimate of drug-likeness (QED) is 0.533. The Kier molecular flexibility index (Phi) is 9.36. The number of carbonyl (C=O) groups is 2. The second kappa shape index (κ2) is 12.5. The number of nitrogens with one attached hydrogen (secondary N) is 1. The van der Waals surface area contributed by atoms with Crippen LogP contribution >= 0.6 is 11.6 Å². The molecule has 1 aromatic rings. The van der Waals surface area contributed by atoms with Gasteiger partial charge in [-0.1, -0.05) is 30.9 Å². The van der Waals surface area contributed by atoms with Crippen molar-refractivity contribution in [3.8, 4) is 5.75 Å². The maximum Gasteiger partial charge on any atom is 0.255 e. The van der Waals surface area contributed by atoms with Gasteiger partial charge in [0, 0.05) is 51.8 Å². The van der Waals surface area contributed by atoms with E-state index in [1.165, 1.54) is 26.4 Å². The minimum Gasteiger partial charge on any atom is -0.496 e. The summed E-state index contributed by atoms with van der Waals surface area (Å²) in [5, 5.41) is 3.44. The van der Waals surface area contributed by atoms with Gasteiger partial charge in [-0.15, -0.1) is 0 Å². The van der Waals surface area contributed by atoms with Crippen LogP contribution in [0.5, 0.6) is 5.75 Å². The summed E-state index contributed by atoms with van der Waals surface area (Å²) in [4.78, 5) is 30.5. The van der Waals surface area contributed by atoms with Gasteiger partial charge < -0.3 is 30.3 Å². The largest absolute Gasteiger partial charge is 0.496 e. The summed E-state index contributed by atoms with van der Waals surface area (Å²) in [6.45, 7) is 4.43. The second-order valence-electron chi connectivity index (χ2n) is 10.6. The van der Waals surface area contributed by atoms with Gasteiger partial charge in [0.1, 0.15) is 5.75 Å². The molecule has 3 fully saturated rings. The number of ether oxygens (including phenoxy) is 2. The van der Waals surface area contributed by atoms with Crippen molar-refractivity contribution in [2.45, 2.75) is 63.5 Å². The van der Waals surface area contributed by atoms with Crippen LogP contribution in [0.15, 0.2) is 12.1 Å². The number of nitrogens with two attached hydrogens (primary N) is 1. The summed E-state index contributed by atoms with van der Waals surface area (Å²) in [5.74, 6) is 1.39. The average molecular weight is 521 g/mol. The predicted octanol–water partition coefficient (Wildman–Crippen LogP) is 3.57. The molecule has 3 aliphatic rings. The summed E-state index contributed by atoms with van der Waals surface area (Å²) >= 11 is 6.15. The van der Waals surface area contributed by atoms with Crippen LogP contribution in [0.4, 0.5) is 5.69 Å². The van der Waals surface area contributed by atoms with Crippen molar-refractivity contribution in [2.75, 3.05) is 52.7 Å². The van der Waals surface area contributed by atoms with E-state index >= 15 is 0 Å². The molecule has 36 heavy (non-hydrogen) atoms. The first-order chi connectivity index (χ1) is 17.4. The number of rotatable bonds is 7. The molecule has 200 valence electrons. The number of hydrogen-bond acceptors (Lipinski definition) is 6. The maximum absolute atomic E-state index is 13.0. The highest BCUT2D eigenvalue weighted by atomic mass is 35.5. The van der Waals surface area contributed by atoms with Crippen LogP contribution in [-0.2, 0) is 9.53 Å². The predicted molar refractivity (Wildman–Crippen MR) is 141 cm³/mol. The molecule has 3 N–H and O–H groups in total. The molecule has 0 bridgehead atoms. The minimum absolute atomic E-state index is 0.102. The molecule has 2 aliphatic heterocycles. The Morgan fingerprint density at radius 1 is 1.06 bits per heavy atom. The Morgan fingerprint density at radius 2 is 1.78 bits per heavy atom. The summed E-state index contributed by atoms with van der Waals surface area (Å²) < 4.78 is 11.1. The van der Waals surface area contributed by atoms with Gasteiger partial charge in [0.2, 0.25) is 5.91 Å². The van der Waals surface area contributed by atoms with Gasteiger partial charge in [-0.05, 0) is 44.1 Å². The Morgan fingerprint density at radius 3 is 2.44 bits per heavy atom. The van der Waals surface area contributed by atoms with Crippen molar-refractivity contribution in [2.24, 2.45) is 11.8 Å². The van der Waals surface area contributed by atoms with E-state index in [4.69, 9.17) is 26.8 Å². The average Bonchev–Trinajstić information content (AvgIpc) is 2.91. The Hall–Kier alpha value is -2.03. The third kappa shape index (κ3) is 6.45. The van der Waals surface area contributed by atoms with E-state index in [0.29, 0.717) is 33.8 Å². The molecule has 0 radical (unpaired) electrons. The number of likely N-dealkylation sites (tertiary alicyclic amines) is 2. The number of nitrogens with zero attached hydrogens (tertiary/aromatic N) is 2. The number of nitrogen functional groups attached to an aromatic ring is 1. The maximum atomic E-state index is 13.0. The molecule has 4 rings (SSSR count). The number of methoxy groups -OCH3 is 2. The molecule has 1 aliphatic carbocycles. The van der Waals surface area contributed by atoms with E-state index in [1.54, 1.807) is 19.2 Å². The van der Waals surface area contributed by atoms with Crippen molar-refractivity contribution in [3.63, 3.8) is 0 Å². The van der Waals surface area contributed by atoms with Crippen LogP contribution in [0.25, 0.3) is 0 Å². The molecular weight excluding hydrogens is 480 g/mol. The highest BCUT2D eigenvalue weighted by Gasteiger charge is 2.34. The van der Waals surface area contributed by atoms with Crippen molar-refractivity contribution in [3.05, 3.63) is 22.7 Å². The highest BCUT2D eigenvalue weighted by molar-refractivity contribution is 6.33. The van der Waals surface area contributed by atoms with E-state index < -0.39 is 0 Å². The molecule has 2 heterocycles. The monoisotopic (exact) mass is 520 g/mol. The van der Waals surface area contributed by atoms with Gasteiger partial charge in [0.15, 0.2) is 0 Å². The summed E-state index contributed by atoms with van der Waals surface area (Å²) in [6, 6.07) is 3.02. The number of anilines is 1. The minimum atomic E-state index is -0.246. The number of hydrogen-bond donors (Lipinski definition) is 2. The lowest BCUT2D eigenvalue weighted by atomic mass is 9.87. The molecular formula is C27H41ClN4O4. The molecule has 8 nitrogen and oxygen atoms in total. The first-order valence-corrected chi connectivity index (χ1v) is 13.7. The fraction of sp³-hybridized carbons (Fsp3) is 0.704. The van der Waals surface area contributed by atoms with E-state index in [-0.39, 0.29) is 24.0 Å². The number of piperidine rings is 2. The van der Waals surface area contributed by atoms with Crippen LogP contribution in [0.2, 0.25) is 5.02 Å². The van der Waals surface area contributed by atoms with Crippen LogP contribution < -0.4 is 15.8 Å². The van der Waals surface area contributed by atoms with Crippen molar-refractivity contribution < 1.29 is 19.1 Å². The molecule has 1 aromatic carbocycles. The van der Waals surface area contributed by atoms with Crippen LogP contribution in [0.3, 0.4) is 0 Å². The third-order valence-corrected chi connectivity index (χ3v) is 8.55. The van der Waals surface area contributed by atoms with Crippen molar-refractivity contribution in [1.29, 1.82) is 0 Å². The zero-order valence-corrected chi connectivity index (χ0v) is 22.4. The molecule has 0 spiro atoms. The van der Waals surface area contributed by atoms with Gasteiger partial charge >= 0.3 is 0 Å². The molecule has 0 unspecified atom stereocenters. The zero-order chi connectivity index (χ0) is 25.7. The number of benzene rings is 1. The molecule has 2 saturated heterocycles. The van der Waals surface area contributed by atoms with E-state index in [1.807, 2.05) is 0 Å². The summed E-state index contributed by atoms with van der Waals surface area (Å²) in [6.07, 6.45) is 8.63. The van der Waals surface area contributed by atoms with E-state index in [0.717, 1.165) is 64.8 Å². The molecule has 1 saturated carbocycles. The molecule has 9 heteroatoms. The lowest BCUT2D eigenvalue weighted by Crippen LogP contribution is -2.55. The van der Waals surface area contributed by atoms with Gasteiger partial charge in [0.05, 0.1) is 35.5 Å². The van der Waals surface area contributed by atoms with Gasteiger partial charge in [-0.25, -0.2) is 0 Å². The Bertz CT molecular complexity index is 915. The van der Waals surface area contributed by atoms with Crippen LogP contribution in [0.1, 0.15) is 61.7 Å². The van der Waals surface area contributed by atoms with Crippen molar-refractivity contribution in [1.82, 2.24) is 15.1 Å². The lowest BCUT2D eigenvalue weighted by Gasteiger charge is -2.41. The van der Waals surface area contributed by atoms with Gasteiger partial charge in [-0.2, -0.15) is 0 Å². The standard InChI is InChI=1S/C27H41ClN4O4/c1-35-24-15-22(29)21(28)14-20(24)26(33)30-23-10-11-31(17-25(23)36-2)16-18-8-12-32(13-9-18)27(34)19-6-4-3-5-7-19/h14-15,18-19,23,25H,3-13,16-17,29H2,1-2H3,(H,30,33)/t23-,25+/m1/s1. The molecule has 2 amide bonds.